The van der Waals surface area contributed by atoms with Crippen LogP contribution in [0.5, 0.6) is 0 Å². The number of benzene rings is 2. The average Bonchev–Trinajstić information content (AvgIpc) is 3.04. The van der Waals surface area contributed by atoms with Gasteiger partial charge >= 0.3 is 0 Å². The third-order valence-electron chi connectivity index (χ3n) is 3.30. The number of aromatic nitrogens is 2. The molecule has 24 heavy (non-hydrogen) atoms. The molecule has 0 saturated heterocycles. The Morgan fingerprint density at radius 1 is 1.17 bits per heavy atom. The van der Waals surface area contributed by atoms with Gasteiger partial charge in [0.2, 0.25) is 5.13 Å². The number of aryl methyl sites for hydroxylation is 1. The van der Waals surface area contributed by atoms with Crippen LogP contribution >= 0.6 is 34.7 Å². The summed E-state index contributed by atoms with van der Waals surface area (Å²) in [5.74, 6) is 0.515. The van der Waals surface area contributed by atoms with Crippen LogP contribution < -0.4 is 10.6 Å². The summed E-state index contributed by atoms with van der Waals surface area (Å²) in [6.45, 7) is 1.91. The fourth-order valence-electron chi connectivity index (χ4n) is 2.12. The first-order valence-electron chi connectivity index (χ1n) is 6.90. The van der Waals surface area contributed by atoms with Crippen LogP contribution in [0, 0.1) is 18.4 Å². The van der Waals surface area contributed by atoms with E-state index in [1.807, 2.05) is 43.4 Å². The number of halogens is 2. The second-order valence-electron chi connectivity index (χ2n) is 4.88. The molecule has 0 spiro atoms. The van der Waals surface area contributed by atoms with E-state index in [0.29, 0.717) is 26.7 Å². The molecular formula is C16H11Cl2N5S. The molecule has 0 radical (unpaired) electrons. The molecule has 2 N–H and O–H groups in total. The van der Waals surface area contributed by atoms with Gasteiger partial charge in [-0.05, 0) is 30.7 Å². The van der Waals surface area contributed by atoms with Crippen molar-refractivity contribution in [3.8, 4) is 17.6 Å². The second kappa shape index (κ2) is 7.05. The van der Waals surface area contributed by atoms with E-state index in [0.717, 1.165) is 28.3 Å². The van der Waals surface area contributed by atoms with E-state index in [2.05, 4.69) is 20.0 Å². The van der Waals surface area contributed by atoms with E-state index in [-0.39, 0.29) is 0 Å². The molecule has 0 saturated carbocycles. The number of nitrogens with zero attached hydrogens (tertiary/aromatic N) is 3. The van der Waals surface area contributed by atoms with Crippen LogP contribution in [0.2, 0.25) is 10.0 Å². The third-order valence-corrected chi connectivity index (χ3v) is 4.73. The maximum atomic E-state index is 8.67. The van der Waals surface area contributed by atoms with Gasteiger partial charge in [-0.15, -0.1) is 0 Å². The number of anilines is 3. The highest BCUT2D eigenvalue weighted by Crippen LogP contribution is 2.37. The van der Waals surface area contributed by atoms with Crippen LogP contribution in [-0.2, 0) is 0 Å². The summed E-state index contributed by atoms with van der Waals surface area (Å²) in [6.07, 6.45) is 1.83. The van der Waals surface area contributed by atoms with Crippen LogP contribution in [0.3, 0.4) is 0 Å². The first kappa shape index (κ1) is 16.5. The molecule has 1 heterocycles. The summed E-state index contributed by atoms with van der Waals surface area (Å²) in [6, 6.07) is 11.2. The Balaban J connectivity index is 2.01. The van der Waals surface area contributed by atoms with Gasteiger partial charge in [-0.25, -0.2) is 0 Å². The molecule has 0 atom stereocenters. The third kappa shape index (κ3) is 3.29. The van der Waals surface area contributed by atoms with Crippen molar-refractivity contribution in [2.75, 3.05) is 10.6 Å². The Hall–Kier alpha value is -2.33. The zero-order valence-corrected chi connectivity index (χ0v) is 14.8. The molecule has 3 rings (SSSR count). The van der Waals surface area contributed by atoms with Gasteiger partial charge in [-0.3, -0.25) is 5.32 Å². The van der Waals surface area contributed by atoms with Crippen LogP contribution in [0.15, 0.2) is 36.4 Å². The number of hydrogen-bond acceptors (Lipinski definition) is 6. The maximum Gasteiger partial charge on any atom is 0.216 e. The quantitative estimate of drug-likeness (QED) is 0.467. The highest BCUT2D eigenvalue weighted by Gasteiger charge is 2.14. The van der Waals surface area contributed by atoms with Crippen molar-refractivity contribution in [1.29, 1.82) is 5.26 Å². The van der Waals surface area contributed by atoms with Crippen molar-refractivity contribution in [2.45, 2.75) is 6.92 Å². The van der Waals surface area contributed by atoms with Crippen molar-refractivity contribution in [1.82, 2.24) is 9.36 Å². The maximum absolute atomic E-state index is 8.67. The smallest absolute Gasteiger partial charge is 0.216 e. The molecule has 3 aromatic rings. The molecule has 1 aromatic heterocycles. The lowest BCUT2D eigenvalue weighted by Crippen LogP contribution is -1.97. The van der Waals surface area contributed by atoms with Gasteiger partial charge in [0.25, 0.3) is 0 Å². The molecule has 120 valence electrons. The minimum atomic E-state index is 0.439. The van der Waals surface area contributed by atoms with Gasteiger partial charge in [0.15, 0.2) is 12.0 Å². The molecule has 0 unspecified atom stereocenters. The first-order chi connectivity index (χ1) is 11.6. The number of para-hydroxylation sites is 1. The fourth-order valence-corrected chi connectivity index (χ4v) is 3.12. The van der Waals surface area contributed by atoms with E-state index in [1.165, 1.54) is 0 Å². The Morgan fingerprint density at radius 2 is 1.96 bits per heavy atom. The Morgan fingerprint density at radius 3 is 2.75 bits per heavy atom. The molecular weight excluding hydrogens is 365 g/mol. The molecule has 0 aliphatic rings. The summed E-state index contributed by atoms with van der Waals surface area (Å²) >= 11 is 13.8. The van der Waals surface area contributed by atoms with Gasteiger partial charge in [0, 0.05) is 22.8 Å². The summed E-state index contributed by atoms with van der Waals surface area (Å²) in [5, 5.41) is 15.9. The van der Waals surface area contributed by atoms with Gasteiger partial charge in [0.1, 0.15) is 0 Å². The molecule has 0 fully saturated rings. The van der Waals surface area contributed by atoms with Crippen LogP contribution in [0.25, 0.3) is 11.4 Å². The van der Waals surface area contributed by atoms with E-state index in [4.69, 9.17) is 28.5 Å². The summed E-state index contributed by atoms with van der Waals surface area (Å²) in [7, 11) is 0. The minimum Gasteiger partial charge on any atom is -0.352 e. The summed E-state index contributed by atoms with van der Waals surface area (Å²) < 4.78 is 4.28. The molecule has 0 aliphatic heterocycles. The standard InChI is InChI=1S/C16H11Cl2N5S/c1-9-6-7-11(17)14(13(9)18)21-12-5-3-2-4-10(12)15-22-16(20-8-19)24-23-15/h2-7,21H,1H3,(H,20,22,23). The lowest BCUT2D eigenvalue weighted by atomic mass is 10.1. The van der Waals surface area contributed by atoms with Gasteiger partial charge in [0.05, 0.1) is 15.7 Å². The molecule has 0 aliphatic carbocycles. The van der Waals surface area contributed by atoms with E-state index in [1.54, 1.807) is 6.07 Å². The van der Waals surface area contributed by atoms with Gasteiger partial charge in [-0.1, -0.05) is 41.4 Å². The predicted molar refractivity (Wildman–Crippen MR) is 99.1 cm³/mol. The van der Waals surface area contributed by atoms with Crippen molar-refractivity contribution < 1.29 is 0 Å². The highest BCUT2D eigenvalue weighted by atomic mass is 35.5. The average molecular weight is 376 g/mol. The van der Waals surface area contributed by atoms with Crippen molar-refractivity contribution in [3.05, 3.63) is 52.0 Å². The predicted octanol–water partition coefficient (Wildman–Crippen LogP) is 5.46. The van der Waals surface area contributed by atoms with Gasteiger partial charge in [-0.2, -0.15) is 14.6 Å². The normalized spacial score (nSPS) is 10.2. The van der Waals surface area contributed by atoms with E-state index >= 15 is 0 Å². The molecule has 0 amide bonds. The number of nitriles is 1. The Kier molecular flexibility index (Phi) is 4.86. The zero-order chi connectivity index (χ0) is 17.1. The number of nitrogens with one attached hydrogen (secondary N) is 2. The van der Waals surface area contributed by atoms with Gasteiger partial charge < -0.3 is 5.32 Å². The van der Waals surface area contributed by atoms with E-state index in [9.17, 15) is 0 Å². The fraction of sp³-hybridized carbons (Fsp3) is 0.0625. The Labute approximate surface area is 153 Å². The zero-order valence-electron chi connectivity index (χ0n) is 12.5. The summed E-state index contributed by atoms with van der Waals surface area (Å²) in [5.41, 5.74) is 3.12. The molecule has 0 bridgehead atoms. The largest absolute Gasteiger partial charge is 0.352 e. The SMILES string of the molecule is Cc1ccc(Cl)c(Nc2ccccc2-c2nsc(NC#N)n2)c1Cl. The number of hydrogen-bond donors (Lipinski definition) is 2. The lowest BCUT2D eigenvalue weighted by Gasteiger charge is -2.14. The summed E-state index contributed by atoms with van der Waals surface area (Å²) in [4.78, 5) is 4.30. The first-order valence-corrected chi connectivity index (χ1v) is 8.43. The van der Waals surface area contributed by atoms with Crippen molar-refractivity contribution in [3.63, 3.8) is 0 Å². The molecule has 8 heteroatoms. The highest BCUT2D eigenvalue weighted by molar-refractivity contribution is 7.09. The second-order valence-corrected chi connectivity index (χ2v) is 6.42. The van der Waals surface area contributed by atoms with E-state index < -0.39 is 0 Å². The lowest BCUT2D eigenvalue weighted by molar-refractivity contribution is 1.31. The van der Waals surface area contributed by atoms with Crippen LogP contribution in [-0.4, -0.2) is 9.36 Å². The monoisotopic (exact) mass is 375 g/mol. The molecule has 2 aromatic carbocycles. The number of rotatable bonds is 4. The molecule has 5 nitrogen and oxygen atoms in total. The van der Waals surface area contributed by atoms with Crippen LogP contribution in [0.4, 0.5) is 16.5 Å². The van der Waals surface area contributed by atoms with Crippen molar-refractivity contribution in [2.24, 2.45) is 0 Å². The topological polar surface area (TPSA) is 73.6 Å². The van der Waals surface area contributed by atoms with Crippen LogP contribution in [0.1, 0.15) is 5.56 Å². The minimum absolute atomic E-state index is 0.439. The Bertz CT molecular complexity index is 932. The van der Waals surface area contributed by atoms with Crippen molar-refractivity contribution >= 4 is 51.2 Å².